The lowest BCUT2D eigenvalue weighted by Gasteiger charge is -2.08. The van der Waals surface area contributed by atoms with Crippen molar-refractivity contribution in [3.05, 3.63) is 59.2 Å². The Balaban J connectivity index is 2.00. The van der Waals surface area contributed by atoms with Crippen molar-refractivity contribution in [3.8, 4) is 11.6 Å². The van der Waals surface area contributed by atoms with E-state index >= 15 is 0 Å². The van der Waals surface area contributed by atoms with Crippen molar-refractivity contribution in [2.45, 2.75) is 6.92 Å². The van der Waals surface area contributed by atoms with E-state index in [0.717, 1.165) is 16.7 Å². The molecule has 0 bridgehead atoms. The molecule has 4 heteroatoms. The standard InChI is InChI=1S/C15H11ClN2O/c1-10-15(19-12-8-6-11(16)7-9-12)18-14-5-3-2-4-13(14)17-10/h2-9H,1H3. The van der Waals surface area contributed by atoms with Gasteiger partial charge in [-0.3, -0.25) is 0 Å². The molecule has 0 unspecified atom stereocenters. The van der Waals surface area contributed by atoms with Crippen LogP contribution < -0.4 is 4.74 Å². The first kappa shape index (κ1) is 11.9. The molecular weight excluding hydrogens is 260 g/mol. The monoisotopic (exact) mass is 270 g/mol. The molecule has 1 heterocycles. The maximum absolute atomic E-state index is 5.84. The number of nitrogens with zero attached hydrogens (tertiary/aromatic N) is 2. The van der Waals surface area contributed by atoms with Crippen LogP contribution in [-0.2, 0) is 0 Å². The van der Waals surface area contributed by atoms with Gasteiger partial charge in [-0.15, -0.1) is 0 Å². The summed E-state index contributed by atoms with van der Waals surface area (Å²) < 4.78 is 5.74. The molecule has 1 aromatic heterocycles. The van der Waals surface area contributed by atoms with Crippen molar-refractivity contribution < 1.29 is 4.74 Å². The number of ether oxygens (including phenoxy) is 1. The summed E-state index contributed by atoms with van der Waals surface area (Å²) in [4.78, 5) is 8.95. The van der Waals surface area contributed by atoms with Crippen LogP contribution in [0.25, 0.3) is 11.0 Å². The quantitative estimate of drug-likeness (QED) is 0.693. The second-order valence-corrected chi connectivity index (χ2v) is 4.60. The molecule has 0 fully saturated rings. The van der Waals surface area contributed by atoms with Crippen molar-refractivity contribution in [1.29, 1.82) is 0 Å². The first-order chi connectivity index (χ1) is 9.22. The predicted molar refractivity (Wildman–Crippen MR) is 75.8 cm³/mol. The summed E-state index contributed by atoms with van der Waals surface area (Å²) in [7, 11) is 0. The van der Waals surface area contributed by atoms with E-state index in [0.29, 0.717) is 16.7 Å². The Morgan fingerprint density at radius 2 is 1.53 bits per heavy atom. The van der Waals surface area contributed by atoms with Gasteiger partial charge in [0.2, 0.25) is 5.88 Å². The number of rotatable bonds is 2. The number of hydrogen-bond acceptors (Lipinski definition) is 3. The van der Waals surface area contributed by atoms with Gasteiger partial charge in [0.05, 0.1) is 11.0 Å². The average molecular weight is 271 g/mol. The Bertz CT molecular complexity index is 726. The lowest BCUT2D eigenvalue weighted by molar-refractivity contribution is 0.458. The number of halogens is 1. The first-order valence-corrected chi connectivity index (χ1v) is 6.27. The van der Waals surface area contributed by atoms with Gasteiger partial charge in [0, 0.05) is 5.02 Å². The third-order valence-corrected chi connectivity index (χ3v) is 2.98. The number of hydrogen-bond donors (Lipinski definition) is 0. The van der Waals surface area contributed by atoms with Gasteiger partial charge in [-0.1, -0.05) is 23.7 Å². The second-order valence-electron chi connectivity index (χ2n) is 4.16. The number of benzene rings is 2. The van der Waals surface area contributed by atoms with E-state index in [1.165, 1.54) is 0 Å². The van der Waals surface area contributed by atoms with Crippen LogP contribution in [-0.4, -0.2) is 9.97 Å². The summed E-state index contributed by atoms with van der Waals surface area (Å²) >= 11 is 5.84. The Kier molecular flexibility index (Phi) is 3.05. The molecule has 0 aliphatic rings. The molecule has 19 heavy (non-hydrogen) atoms. The molecule has 0 atom stereocenters. The van der Waals surface area contributed by atoms with Gasteiger partial charge in [-0.05, 0) is 43.3 Å². The SMILES string of the molecule is Cc1nc2ccccc2nc1Oc1ccc(Cl)cc1. The lowest BCUT2D eigenvalue weighted by atomic mass is 10.3. The van der Waals surface area contributed by atoms with Crippen molar-refractivity contribution in [3.63, 3.8) is 0 Å². The summed E-state index contributed by atoms with van der Waals surface area (Å²) in [5.41, 5.74) is 2.44. The minimum Gasteiger partial charge on any atom is -0.437 e. The highest BCUT2D eigenvalue weighted by atomic mass is 35.5. The third-order valence-electron chi connectivity index (χ3n) is 2.73. The van der Waals surface area contributed by atoms with Gasteiger partial charge in [0.1, 0.15) is 11.4 Å². The Labute approximate surface area is 115 Å². The van der Waals surface area contributed by atoms with Gasteiger partial charge in [-0.25, -0.2) is 9.97 Å². The van der Waals surface area contributed by atoms with Crippen LogP contribution in [0.3, 0.4) is 0 Å². The third kappa shape index (κ3) is 2.51. The highest BCUT2D eigenvalue weighted by Crippen LogP contribution is 2.25. The normalized spacial score (nSPS) is 10.6. The maximum atomic E-state index is 5.84. The van der Waals surface area contributed by atoms with E-state index in [9.17, 15) is 0 Å². The number of para-hydroxylation sites is 2. The van der Waals surface area contributed by atoms with E-state index in [1.807, 2.05) is 31.2 Å². The van der Waals surface area contributed by atoms with Crippen molar-refractivity contribution in [2.24, 2.45) is 0 Å². The van der Waals surface area contributed by atoms with E-state index in [4.69, 9.17) is 16.3 Å². The van der Waals surface area contributed by atoms with Crippen LogP contribution in [0.2, 0.25) is 5.02 Å². The summed E-state index contributed by atoms with van der Waals surface area (Å²) in [5.74, 6) is 1.21. The van der Waals surface area contributed by atoms with Crippen LogP contribution in [0.1, 0.15) is 5.69 Å². The topological polar surface area (TPSA) is 35.0 Å². The molecule has 3 nitrogen and oxygen atoms in total. The van der Waals surface area contributed by atoms with Crippen molar-refractivity contribution in [1.82, 2.24) is 9.97 Å². The Morgan fingerprint density at radius 3 is 2.21 bits per heavy atom. The van der Waals surface area contributed by atoms with Gasteiger partial charge in [0.25, 0.3) is 0 Å². The van der Waals surface area contributed by atoms with Gasteiger partial charge >= 0.3 is 0 Å². The lowest BCUT2D eigenvalue weighted by Crippen LogP contribution is -1.95. The van der Waals surface area contributed by atoms with E-state index in [-0.39, 0.29) is 0 Å². The molecule has 3 rings (SSSR count). The minimum atomic E-state index is 0.515. The molecule has 0 saturated heterocycles. The van der Waals surface area contributed by atoms with E-state index in [1.54, 1.807) is 24.3 Å². The van der Waals surface area contributed by atoms with Crippen molar-refractivity contribution in [2.75, 3.05) is 0 Å². The molecule has 0 amide bonds. The molecule has 0 saturated carbocycles. The van der Waals surface area contributed by atoms with Crippen LogP contribution >= 0.6 is 11.6 Å². The highest BCUT2D eigenvalue weighted by Gasteiger charge is 2.07. The Morgan fingerprint density at radius 1 is 0.895 bits per heavy atom. The largest absolute Gasteiger partial charge is 0.437 e. The van der Waals surface area contributed by atoms with E-state index in [2.05, 4.69) is 9.97 Å². The smallest absolute Gasteiger partial charge is 0.241 e. The average Bonchev–Trinajstić information content (AvgIpc) is 2.42. The van der Waals surface area contributed by atoms with Crippen molar-refractivity contribution >= 4 is 22.6 Å². The summed E-state index contributed by atoms with van der Waals surface area (Å²) in [6, 6.07) is 14.9. The molecule has 94 valence electrons. The minimum absolute atomic E-state index is 0.515. The van der Waals surface area contributed by atoms with Crippen LogP contribution in [0, 0.1) is 6.92 Å². The number of fused-ring (bicyclic) bond motifs is 1. The fraction of sp³-hybridized carbons (Fsp3) is 0.0667. The molecule has 0 N–H and O–H groups in total. The van der Waals surface area contributed by atoms with Gasteiger partial charge in [0.15, 0.2) is 0 Å². The maximum Gasteiger partial charge on any atom is 0.241 e. The molecule has 0 aliphatic heterocycles. The number of aryl methyl sites for hydroxylation is 1. The molecule has 0 radical (unpaired) electrons. The van der Waals surface area contributed by atoms with Crippen LogP contribution in [0.4, 0.5) is 0 Å². The number of aromatic nitrogens is 2. The fourth-order valence-corrected chi connectivity index (χ4v) is 1.91. The molecule has 0 spiro atoms. The van der Waals surface area contributed by atoms with Gasteiger partial charge < -0.3 is 4.74 Å². The summed E-state index contributed by atoms with van der Waals surface area (Å²) in [5, 5.41) is 0.675. The fourth-order valence-electron chi connectivity index (χ4n) is 1.78. The zero-order valence-corrected chi connectivity index (χ0v) is 11.1. The Hall–Kier alpha value is -2.13. The van der Waals surface area contributed by atoms with E-state index < -0.39 is 0 Å². The molecule has 3 aromatic rings. The highest BCUT2D eigenvalue weighted by molar-refractivity contribution is 6.30. The molecular formula is C15H11ClN2O. The first-order valence-electron chi connectivity index (χ1n) is 5.89. The molecule has 0 aliphatic carbocycles. The predicted octanol–water partition coefficient (Wildman–Crippen LogP) is 4.38. The van der Waals surface area contributed by atoms with Crippen LogP contribution in [0.5, 0.6) is 11.6 Å². The summed E-state index contributed by atoms with van der Waals surface area (Å²) in [6.07, 6.45) is 0. The zero-order chi connectivity index (χ0) is 13.2. The van der Waals surface area contributed by atoms with Gasteiger partial charge in [-0.2, -0.15) is 0 Å². The molecule has 2 aromatic carbocycles. The summed E-state index contributed by atoms with van der Waals surface area (Å²) in [6.45, 7) is 1.88. The zero-order valence-electron chi connectivity index (χ0n) is 10.3. The second kappa shape index (κ2) is 4.86. The van der Waals surface area contributed by atoms with Crippen LogP contribution in [0.15, 0.2) is 48.5 Å².